The number of aliphatic hydroxyl groups is 1. The van der Waals surface area contributed by atoms with Gasteiger partial charge in [-0.1, -0.05) is 36.4 Å². The third-order valence-electron chi connectivity index (χ3n) is 3.18. The zero-order chi connectivity index (χ0) is 15.8. The maximum Gasteiger partial charge on any atom is 0.207 e. The van der Waals surface area contributed by atoms with Gasteiger partial charge in [0.25, 0.3) is 0 Å². The van der Waals surface area contributed by atoms with Crippen molar-refractivity contribution in [1.29, 1.82) is 0 Å². The van der Waals surface area contributed by atoms with E-state index in [0.717, 1.165) is 11.3 Å². The lowest BCUT2D eigenvalue weighted by atomic mass is 10.2. The summed E-state index contributed by atoms with van der Waals surface area (Å²) in [5.74, 6) is 0. The second-order valence-corrected chi connectivity index (χ2v) is 7.65. The number of aromatic nitrogens is 1. The monoisotopic (exact) mass is 320 g/mol. The largest absolute Gasteiger partial charge is 0.391 e. The van der Waals surface area contributed by atoms with Crippen molar-refractivity contribution in [2.45, 2.75) is 18.8 Å². The molecule has 0 aliphatic rings. The molecule has 2 atom stereocenters. The Morgan fingerprint density at radius 1 is 1.14 bits per heavy atom. The van der Waals surface area contributed by atoms with E-state index in [1.165, 1.54) is 0 Å². The molecular formula is C16H21N2O3P. The molecule has 0 spiro atoms. The Morgan fingerprint density at radius 3 is 2.55 bits per heavy atom. The van der Waals surface area contributed by atoms with Gasteiger partial charge in [-0.2, -0.15) is 0 Å². The summed E-state index contributed by atoms with van der Waals surface area (Å²) in [6, 6.07) is 14.8. The molecular weight excluding hydrogens is 299 g/mol. The van der Waals surface area contributed by atoms with E-state index in [4.69, 9.17) is 0 Å². The molecule has 0 aliphatic carbocycles. The summed E-state index contributed by atoms with van der Waals surface area (Å²) < 4.78 is 12.2. The van der Waals surface area contributed by atoms with Gasteiger partial charge in [-0.3, -0.25) is 9.55 Å². The molecule has 6 heteroatoms. The second-order valence-electron chi connectivity index (χ2n) is 5.28. The molecule has 3 N–H and O–H groups in total. The number of aliphatic hydroxyl groups excluding tert-OH is 1. The molecule has 0 bridgehead atoms. The average molecular weight is 320 g/mol. The summed E-state index contributed by atoms with van der Waals surface area (Å²) >= 11 is 0. The maximum absolute atomic E-state index is 12.2. The van der Waals surface area contributed by atoms with Gasteiger partial charge < -0.3 is 15.3 Å². The van der Waals surface area contributed by atoms with Crippen LogP contribution in [0.1, 0.15) is 11.3 Å². The molecule has 0 saturated carbocycles. The molecule has 0 fully saturated rings. The van der Waals surface area contributed by atoms with Crippen molar-refractivity contribution in [2.75, 3.05) is 12.7 Å². The molecule has 0 saturated heterocycles. The Kier molecular flexibility index (Phi) is 6.28. The van der Waals surface area contributed by atoms with Crippen LogP contribution >= 0.6 is 7.37 Å². The Labute approximate surface area is 130 Å². The van der Waals surface area contributed by atoms with Gasteiger partial charge in [0.15, 0.2) is 0 Å². The van der Waals surface area contributed by atoms with E-state index in [1.54, 1.807) is 6.20 Å². The van der Waals surface area contributed by atoms with E-state index in [9.17, 15) is 14.6 Å². The van der Waals surface area contributed by atoms with Crippen LogP contribution in [-0.4, -0.2) is 33.8 Å². The SMILES string of the molecule is O=P(O)(Cc1ccccc1)C[C@@H](O)CNCc1ccccn1. The van der Waals surface area contributed by atoms with Crippen LogP contribution in [-0.2, 0) is 17.3 Å². The van der Waals surface area contributed by atoms with E-state index >= 15 is 0 Å². The molecule has 1 heterocycles. The van der Waals surface area contributed by atoms with Gasteiger partial charge in [-0.25, -0.2) is 0 Å². The smallest absolute Gasteiger partial charge is 0.207 e. The summed E-state index contributed by atoms with van der Waals surface area (Å²) in [5.41, 5.74) is 1.67. The predicted octanol–water partition coefficient (Wildman–Crippen LogP) is 2.00. The lowest BCUT2D eigenvalue weighted by Crippen LogP contribution is -2.29. The number of hydrogen-bond donors (Lipinski definition) is 3. The third-order valence-corrected chi connectivity index (χ3v) is 5.03. The van der Waals surface area contributed by atoms with E-state index in [0.29, 0.717) is 6.54 Å². The zero-order valence-electron chi connectivity index (χ0n) is 12.3. The van der Waals surface area contributed by atoms with Crippen LogP contribution in [0.3, 0.4) is 0 Å². The van der Waals surface area contributed by atoms with E-state index in [-0.39, 0.29) is 18.9 Å². The second kappa shape index (κ2) is 8.20. The highest BCUT2D eigenvalue weighted by atomic mass is 31.2. The van der Waals surface area contributed by atoms with Crippen LogP contribution in [0.5, 0.6) is 0 Å². The Bertz CT molecular complexity index is 607. The van der Waals surface area contributed by atoms with Gasteiger partial charge in [0, 0.05) is 25.4 Å². The van der Waals surface area contributed by atoms with Gasteiger partial charge in [-0.05, 0) is 17.7 Å². The summed E-state index contributed by atoms with van der Waals surface area (Å²) in [7, 11) is -3.39. The van der Waals surface area contributed by atoms with Gasteiger partial charge in [0.1, 0.15) is 0 Å². The molecule has 1 aromatic heterocycles. The van der Waals surface area contributed by atoms with Crippen LogP contribution in [0, 0.1) is 0 Å². The van der Waals surface area contributed by atoms with E-state index in [2.05, 4.69) is 10.3 Å². The van der Waals surface area contributed by atoms with Gasteiger partial charge in [0.2, 0.25) is 7.37 Å². The van der Waals surface area contributed by atoms with Crippen LogP contribution in [0.2, 0.25) is 0 Å². The number of benzene rings is 1. The van der Waals surface area contributed by atoms with Crippen LogP contribution in [0.4, 0.5) is 0 Å². The fourth-order valence-corrected chi connectivity index (χ4v) is 3.89. The van der Waals surface area contributed by atoms with Crippen LogP contribution < -0.4 is 5.32 Å². The topological polar surface area (TPSA) is 82.5 Å². The molecule has 0 aliphatic heterocycles. The average Bonchev–Trinajstić information content (AvgIpc) is 2.48. The highest BCUT2D eigenvalue weighted by Crippen LogP contribution is 2.44. The maximum atomic E-state index is 12.2. The lowest BCUT2D eigenvalue weighted by Gasteiger charge is -2.16. The van der Waals surface area contributed by atoms with Crippen molar-refractivity contribution in [3.05, 3.63) is 66.0 Å². The first-order valence-electron chi connectivity index (χ1n) is 7.19. The zero-order valence-corrected chi connectivity index (χ0v) is 13.2. The van der Waals surface area contributed by atoms with Gasteiger partial charge in [0.05, 0.1) is 18.0 Å². The van der Waals surface area contributed by atoms with Crippen LogP contribution in [0.15, 0.2) is 54.7 Å². The number of pyridine rings is 1. The normalized spacial score (nSPS) is 15.2. The molecule has 0 radical (unpaired) electrons. The molecule has 2 rings (SSSR count). The van der Waals surface area contributed by atoms with Gasteiger partial charge in [-0.15, -0.1) is 0 Å². The number of nitrogens with one attached hydrogen (secondary N) is 1. The molecule has 118 valence electrons. The molecule has 0 amide bonds. The van der Waals surface area contributed by atoms with Crippen molar-refractivity contribution in [3.63, 3.8) is 0 Å². The van der Waals surface area contributed by atoms with Crippen molar-refractivity contribution < 1.29 is 14.6 Å². The first-order chi connectivity index (χ1) is 10.6. The first-order valence-corrected chi connectivity index (χ1v) is 9.22. The van der Waals surface area contributed by atoms with E-state index in [1.807, 2.05) is 48.5 Å². The molecule has 5 nitrogen and oxygen atoms in total. The predicted molar refractivity (Wildman–Crippen MR) is 86.8 cm³/mol. The highest BCUT2D eigenvalue weighted by molar-refractivity contribution is 7.57. The Hall–Kier alpha value is -1.52. The number of nitrogens with zero attached hydrogens (tertiary/aromatic N) is 1. The van der Waals surface area contributed by atoms with Crippen molar-refractivity contribution in [1.82, 2.24) is 10.3 Å². The Balaban J connectivity index is 1.76. The Morgan fingerprint density at radius 2 is 1.86 bits per heavy atom. The summed E-state index contributed by atoms with van der Waals surface area (Å²) in [6.07, 6.45) is 0.820. The van der Waals surface area contributed by atoms with E-state index < -0.39 is 13.5 Å². The fraction of sp³-hybridized carbons (Fsp3) is 0.312. The van der Waals surface area contributed by atoms with Crippen molar-refractivity contribution in [2.24, 2.45) is 0 Å². The van der Waals surface area contributed by atoms with Crippen molar-refractivity contribution in [3.8, 4) is 0 Å². The van der Waals surface area contributed by atoms with Gasteiger partial charge >= 0.3 is 0 Å². The standard InChI is InChI=1S/C16H21N2O3P/c19-16(11-17-10-15-8-4-5-9-18-15)13-22(20,21)12-14-6-2-1-3-7-14/h1-9,16-17,19H,10-13H2,(H,20,21)/t16-/m0/s1. The molecule has 22 heavy (non-hydrogen) atoms. The number of rotatable bonds is 8. The van der Waals surface area contributed by atoms with Crippen LogP contribution in [0.25, 0.3) is 0 Å². The molecule has 1 unspecified atom stereocenters. The minimum atomic E-state index is -3.39. The highest BCUT2D eigenvalue weighted by Gasteiger charge is 2.23. The molecule has 2 aromatic rings. The minimum Gasteiger partial charge on any atom is -0.391 e. The minimum absolute atomic E-state index is 0.0884. The molecule has 1 aromatic carbocycles. The lowest BCUT2D eigenvalue weighted by molar-refractivity contribution is 0.190. The summed E-state index contributed by atoms with van der Waals surface area (Å²) in [5, 5.41) is 13.0. The quantitative estimate of drug-likeness (QED) is 0.648. The first kappa shape index (κ1) is 16.8. The fourth-order valence-electron chi connectivity index (χ4n) is 2.20. The summed E-state index contributed by atoms with van der Waals surface area (Å²) in [6.45, 7) is 0.780. The third kappa shape index (κ3) is 6.08. The summed E-state index contributed by atoms with van der Waals surface area (Å²) in [4.78, 5) is 14.2. The number of hydrogen-bond acceptors (Lipinski definition) is 4. The van der Waals surface area contributed by atoms with Crippen molar-refractivity contribution >= 4 is 7.37 Å².